The number of methoxy groups -OCH3 is 1. The number of allylic oxidation sites excluding steroid dienone is 3. The molecule has 0 aromatic rings. The third kappa shape index (κ3) is 15.4. The number of aliphatic hydroxyl groups excluding tert-OH is 10. The van der Waals surface area contributed by atoms with E-state index >= 15 is 0 Å². The molecule has 4 aliphatic carbocycles. The summed E-state index contributed by atoms with van der Waals surface area (Å²) in [6, 6.07) is 0. The number of aliphatic hydroxyl groups is 10. The number of rotatable bonds is 21. The molecule has 6 heterocycles. The van der Waals surface area contributed by atoms with Gasteiger partial charge in [-0.3, -0.25) is 18.0 Å². The third-order valence-electron chi connectivity index (χ3n) is 22.0. The molecule has 10 rings (SSSR count). The molecule has 31 atom stereocenters. The molecule has 0 unspecified atom stereocenters. The summed E-state index contributed by atoms with van der Waals surface area (Å²) >= 11 is 0. The van der Waals surface area contributed by atoms with Crippen LogP contribution in [0, 0.1) is 39.4 Å². The molecular formula is C59H90KNaO32S2. The number of ether oxygens (including phenoxy) is 12. The van der Waals surface area contributed by atoms with Gasteiger partial charge in [0.15, 0.2) is 31.5 Å². The van der Waals surface area contributed by atoms with E-state index in [1.807, 2.05) is 34.6 Å². The Morgan fingerprint density at radius 3 is 1.93 bits per heavy atom. The van der Waals surface area contributed by atoms with E-state index < -0.39 is 228 Å². The van der Waals surface area contributed by atoms with Crippen LogP contribution in [-0.4, -0.2) is 275 Å². The Labute approximate surface area is 615 Å². The SMILES string of the molecule is C=C(C)CCC[C@]1(C)OC(=O)[C@]23CC[C@H]4C(=CC[C@H]5C(C)(C)[C@@H](O[C@@H]6OC[C@@H](OS(=O)(=O)[O-])[C@H](O)[C@H]6O[C@@H]6O[C@H](C)[C@@H](O[C@@H]7O[C@H](CO)[C@@H](O)[C@H](O[C@@H]8O[C@H](COS(=O)(=O)[O-])[C@@H](O)[C@H](OC)[C@H]8O)[C@H]7O)[C@H](O)[C@H]6O[C@@H]6OC[C@@H](O)[C@H](O)[C@H]6O)CC[C@]45C)[C@]2(C)CC(=O)[C@@H]31.[K+].[Na+]. The minimum atomic E-state index is -5.55. The van der Waals surface area contributed by atoms with Crippen molar-refractivity contribution in [1.29, 1.82) is 0 Å². The zero-order valence-electron chi connectivity index (χ0n) is 54.8. The van der Waals surface area contributed by atoms with E-state index in [1.54, 1.807) is 0 Å². The van der Waals surface area contributed by atoms with Crippen molar-refractivity contribution in [3.63, 3.8) is 0 Å². The van der Waals surface area contributed by atoms with E-state index in [9.17, 15) is 86.6 Å². The Kier molecular flexibility index (Phi) is 26.1. The Balaban J connectivity index is 0.00000578. The number of Topliss-reactive ketones (excluding diaryl/α,β-unsaturated/α-hetero) is 1. The van der Waals surface area contributed by atoms with Gasteiger partial charge in [-0.15, -0.1) is 6.58 Å². The minimum Gasteiger partial charge on any atom is -0.726 e. The second kappa shape index (κ2) is 30.7. The van der Waals surface area contributed by atoms with E-state index in [0.29, 0.717) is 44.9 Å². The first-order chi connectivity index (χ1) is 43.4. The average molecular weight is 1440 g/mol. The van der Waals surface area contributed by atoms with Gasteiger partial charge in [0.2, 0.25) is 20.8 Å². The fourth-order valence-electron chi connectivity index (χ4n) is 17.4. The molecule has 3 saturated carbocycles. The van der Waals surface area contributed by atoms with E-state index in [-0.39, 0.29) is 111 Å². The van der Waals surface area contributed by atoms with Gasteiger partial charge in [-0.05, 0) is 94.8 Å². The number of carbonyl (C=O) groups is 2. The molecule has 9 fully saturated rings. The van der Waals surface area contributed by atoms with Crippen molar-refractivity contribution < 1.29 is 233 Å². The smallest absolute Gasteiger partial charge is 0.726 e. The predicted molar refractivity (Wildman–Crippen MR) is 305 cm³/mol. The summed E-state index contributed by atoms with van der Waals surface area (Å²) in [6.07, 6.45) is -37.6. The van der Waals surface area contributed by atoms with Gasteiger partial charge in [0.25, 0.3) is 0 Å². The van der Waals surface area contributed by atoms with Crippen LogP contribution < -0.4 is 80.9 Å². The molecule has 0 bridgehead atoms. The number of esters is 1. The summed E-state index contributed by atoms with van der Waals surface area (Å²) in [5, 5.41) is 112. The minimum absolute atomic E-state index is 0. The van der Waals surface area contributed by atoms with Crippen LogP contribution in [0.25, 0.3) is 0 Å². The standard InChI is InChI=1S/C59H92O32S2.K.Na/c1-24(2)11-10-16-58(8)48-28(61)19-57(7)27-12-13-33-55(4,5)34(15-17-56(33,6)26(27)14-18-59(48,57)54(71)90-58)85-52-46(38(66)32(22-80-52)91-93(75,76)77)89-53-47(88-49-39(67)35(63)29(62)21-79-49)40(68)43(25(3)82-53)86-51-42(70)45(36(64)30(20-60)83-51)87-50-41(69)44(78-9)37(65)31(84-50)23-81-92(72,73)74;;/h12,25-26,29-53,60,62-70H,1,10-11,13-23H2,2-9H3,(H,72,73,74)(H,75,76,77);;/q;2*+1/p-2/t25-,26+,29-,30-,31-,32-,33+,34+,35+,36-,37-,38+,39-,40+,41-,42-,43-,44+,45+,46-,47-,48-,49+,50+,51+,52+,53+,56-,57+,58+,59-;;/m1../s1. The fraction of sp³-hybridized carbons (Fsp3) is 0.898. The molecule has 6 aliphatic heterocycles. The second-order valence-corrected chi connectivity index (χ2v) is 30.2. The monoisotopic (exact) mass is 1440 g/mol. The van der Waals surface area contributed by atoms with Crippen molar-refractivity contribution in [3.05, 3.63) is 23.8 Å². The number of hydrogen-bond acceptors (Lipinski definition) is 32. The second-order valence-electron chi connectivity index (χ2n) is 28.1. The molecule has 0 aromatic heterocycles. The molecule has 32 nitrogen and oxygen atoms in total. The molecule has 0 radical (unpaired) electrons. The van der Waals surface area contributed by atoms with E-state index in [4.69, 9.17) is 61.0 Å². The number of carbonyl (C=O) groups excluding carboxylic acids is 2. The Hall–Kier alpha value is 0.156. The maximum Gasteiger partial charge on any atom is 1.00 e. The van der Waals surface area contributed by atoms with Gasteiger partial charge in [-0.1, -0.05) is 44.9 Å². The van der Waals surface area contributed by atoms with Crippen molar-refractivity contribution in [3.8, 4) is 0 Å². The largest absolute Gasteiger partial charge is 1.00 e. The zero-order valence-corrected chi connectivity index (χ0v) is 61.6. The zero-order chi connectivity index (χ0) is 68.2. The van der Waals surface area contributed by atoms with Gasteiger partial charge in [0.1, 0.15) is 115 Å². The number of ketones is 1. The first kappa shape index (κ1) is 80.8. The molecule has 6 saturated heterocycles. The van der Waals surface area contributed by atoms with Crippen LogP contribution in [0.1, 0.15) is 106 Å². The van der Waals surface area contributed by atoms with E-state index in [0.717, 1.165) is 24.7 Å². The number of fused-ring (bicyclic) bond motifs is 4. The van der Waals surface area contributed by atoms with Gasteiger partial charge in [0, 0.05) is 18.9 Å². The van der Waals surface area contributed by atoms with Gasteiger partial charge in [0.05, 0.1) is 50.0 Å². The Morgan fingerprint density at radius 2 is 1.29 bits per heavy atom. The number of cyclic esters (lactones) is 1. The van der Waals surface area contributed by atoms with Crippen molar-refractivity contribution in [1.82, 2.24) is 0 Å². The van der Waals surface area contributed by atoms with Gasteiger partial charge < -0.3 is 117 Å². The molecule has 532 valence electrons. The van der Waals surface area contributed by atoms with Crippen molar-refractivity contribution in [2.24, 2.45) is 39.4 Å². The topological polar surface area (TPSA) is 480 Å². The van der Waals surface area contributed by atoms with Crippen LogP contribution in [0.2, 0.25) is 0 Å². The van der Waals surface area contributed by atoms with E-state index in [2.05, 4.69) is 23.8 Å². The molecule has 36 heteroatoms. The summed E-state index contributed by atoms with van der Waals surface area (Å²) in [6.45, 7) is 14.0. The Morgan fingerprint density at radius 1 is 0.695 bits per heavy atom. The van der Waals surface area contributed by atoms with Crippen molar-refractivity contribution in [2.75, 3.05) is 33.5 Å². The van der Waals surface area contributed by atoms with Crippen LogP contribution in [0.5, 0.6) is 0 Å². The first-order valence-electron chi connectivity index (χ1n) is 31.4. The molecular weight excluding hydrogens is 1350 g/mol. The third-order valence-corrected chi connectivity index (χ3v) is 22.9. The molecule has 95 heavy (non-hydrogen) atoms. The van der Waals surface area contributed by atoms with Gasteiger partial charge >= 0.3 is 86.9 Å². The quantitative estimate of drug-likeness (QED) is 0.0168. The molecule has 0 amide bonds. The van der Waals surface area contributed by atoms with E-state index in [1.165, 1.54) is 6.92 Å². The van der Waals surface area contributed by atoms with Crippen LogP contribution in [0.15, 0.2) is 23.8 Å². The summed E-state index contributed by atoms with van der Waals surface area (Å²) in [5.74, 6) is -1.10. The van der Waals surface area contributed by atoms with Crippen LogP contribution in [0.4, 0.5) is 0 Å². The van der Waals surface area contributed by atoms with Crippen LogP contribution in [0.3, 0.4) is 0 Å². The molecule has 0 aromatic carbocycles. The summed E-state index contributed by atoms with van der Waals surface area (Å²) in [4.78, 5) is 28.9. The van der Waals surface area contributed by atoms with Crippen molar-refractivity contribution in [2.45, 2.75) is 259 Å². The fourth-order valence-corrected chi connectivity index (χ4v) is 18.1. The first-order valence-corrected chi connectivity index (χ1v) is 34.1. The molecule has 10 N–H and O–H groups in total. The number of hydrogen-bond donors (Lipinski definition) is 10. The maximum absolute atomic E-state index is 14.5. The Bertz CT molecular complexity index is 2990. The van der Waals surface area contributed by atoms with Crippen molar-refractivity contribution >= 4 is 32.6 Å². The summed E-state index contributed by atoms with van der Waals surface area (Å²) in [5.41, 5.74) is -1.91. The normalized spacial score (nSPS) is 48.2. The average Bonchev–Trinajstić information content (AvgIpc) is 1.52. The van der Waals surface area contributed by atoms with Crippen LogP contribution >= 0.6 is 0 Å². The molecule has 1 spiro atoms. The maximum atomic E-state index is 14.5. The summed E-state index contributed by atoms with van der Waals surface area (Å²) < 4.78 is 151. The molecule has 10 aliphatic rings. The summed E-state index contributed by atoms with van der Waals surface area (Å²) in [7, 11) is -9.86. The van der Waals surface area contributed by atoms with Crippen LogP contribution in [-0.2, 0) is 95.6 Å². The van der Waals surface area contributed by atoms with Gasteiger partial charge in [-0.2, -0.15) is 0 Å². The van der Waals surface area contributed by atoms with Gasteiger partial charge in [-0.25, -0.2) is 16.8 Å². The predicted octanol–water partition coefficient (Wildman–Crippen LogP) is -8.77.